The number of nitrogens with two attached hydrogens (primary N) is 1. The summed E-state index contributed by atoms with van der Waals surface area (Å²) in [5.74, 6) is -0.142. The third-order valence-corrected chi connectivity index (χ3v) is 3.26. The second-order valence-corrected chi connectivity index (χ2v) is 6.12. The topological polar surface area (TPSA) is 85.5 Å². The van der Waals surface area contributed by atoms with E-state index >= 15 is 0 Å². The Kier molecular flexibility index (Phi) is 3.02. The van der Waals surface area contributed by atoms with E-state index in [1.54, 1.807) is 20.8 Å². The Balaban J connectivity index is 2.16. The minimum atomic E-state index is -0.582. The van der Waals surface area contributed by atoms with Crippen LogP contribution >= 0.6 is 11.3 Å². The normalized spacial score (nSPS) is 15.5. The lowest BCUT2D eigenvalue weighted by molar-refractivity contribution is 0.0219. The molecule has 0 fully saturated rings. The molecule has 0 spiro atoms. The molecule has 1 amide bonds. The fraction of sp³-hybridized carbons (Fsp3) is 0.545. The van der Waals surface area contributed by atoms with Crippen molar-refractivity contribution in [3.8, 4) is 0 Å². The highest BCUT2D eigenvalue weighted by Crippen LogP contribution is 2.27. The summed E-state index contributed by atoms with van der Waals surface area (Å²) >= 11 is 1.16. The molecule has 0 bridgehead atoms. The summed E-state index contributed by atoms with van der Waals surface area (Å²) in [5.41, 5.74) is 5.54. The number of carbonyl (C=O) groups is 2. The number of hydrogen-bond donors (Lipinski definition) is 1. The first-order chi connectivity index (χ1) is 8.26. The molecule has 1 aromatic rings. The molecule has 6 nitrogen and oxygen atoms in total. The first kappa shape index (κ1) is 12.8. The summed E-state index contributed by atoms with van der Waals surface area (Å²) in [6.45, 7) is 5.63. The van der Waals surface area contributed by atoms with Crippen LogP contribution in [0.5, 0.6) is 0 Å². The van der Waals surface area contributed by atoms with Gasteiger partial charge in [0.05, 0.1) is 23.7 Å². The average Bonchev–Trinajstić information content (AvgIpc) is 2.56. The number of amides is 1. The van der Waals surface area contributed by atoms with Gasteiger partial charge < -0.3 is 10.5 Å². The maximum Gasteiger partial charge on any atom is 0.411 e. The zero-order valence-corrected chi connectivity index (χ0v) is 11.3. The van der Waals surface area contributed by atoms with Crippen LogP contribution in [0.2, 0.25) is 0 Å². The fourth-order valence-electron chi connectivity index (χ4n) is 1.63. The van der Waals surface area contributed by atoms with Crippen LogP contribution in [0.15, 0.2) is 0 Å². The van der Waals surface area contributed by atoms with Crippen molar-refractivity contribution >= 4 is 28.3 Å². The molecule has 7 heteroatoms. The molecule has 0 aromatic carbocycles. The molecule has 0 saturated heterocycles. The summed E-state index contributed by atoms with van der Waals surface area (Å²) in [7, 11) is 0. The van der Waals surface area contributed by atoms with E-state index in [1.807, 2.05) is 0 Å². The standard InChI is InChI=1S/C11H15N3O3S/c1-11(2,3)17-10(16)14-4-6-8(7(15)5-14)18-9(12)13-6/h4-5H2,1-3H3,(H2,12,13). The van der Waals surface area contributed by atoms with Gasteiger partial charge in [-0.05, 0) is 20.8 Å². The third kappa shape index (κ3) is 2.61. The van der Waals surface area contributed by atoms with Gasteiger partial charge in [-0.15, -0.1) is 0 Å². The second-order valence-electron chi connectivity index (χ2n) is 5.09. The highest BCUT2D eigenvalue weighted by molar-refractivity contribution is 7.17. The van der Waals surface area contributed by atoms with Crippen molar-refractivity contribution < 1.29 is 14.3 Å². The van der Waals surface area contributed by atoms with Crippen molar-refractivity contribution in [3.05, 3.63) is 10.6 Å². The lowest BCUT2D eigenvalue weighted by Gasteiger charge is -2.28. The van der Waals surface area contributed by atoms with E-state index in [4.69, 9.17) is 10.5 Å². The molecular weight excluding hydrogens is 254 g/mol. The maximum absolute atomic E-state index is 11.9. The molecule has 0 aliphatic carbocycles. The Hall–Kier alpha value is -1.63. The summed E-state index contributed by atoms with van der Waals surface area (Å²) in [6.07, 6.45) is -0.506. The summed E-state index contributed by atoms with van der Waals surface area (Å²) < 4.78 is 5.23. The number of anilines is 1. The minimum Gasteiger partial charge on any atom is -0.444 e. The van der Waals surface area contributed by atoms with Gasteiger partial charge in [0, 0.05) is 0 Å². The zero-order chi connectivity index (χ0) is 13.5. The number of nitrogens with zero attached hydrogens (tertiary/aromatic N) is 2. The Morgan fingerprint density at radius 2 is 2.11 bits per heavy atom. The summed E-state index contributed by atoms with van der Waals surface area (Å²) in [4.78, 5) is 29.7. The maximum atomic E-state index is 11.9. The number of thiazole rings is 1. The molecule has 0 saturated carbocycles. The van der Waals surface area contributed by atoms with Gasteiger partial charge in [0.1, 0.15) is 5.60 Å². The first-order valence-corrected chi connectivity index (χ1v) is 6.34. The number of rotatable bonds is 0. The molecule has 1 aliphatic rings. The smallest absolute Gasteiger partial charge is 0.411 e. The number of Topliss-reactive ketones (excluding diaryl/α,β-unsaturated/α-hetero) is 1. The number of nitrogen functional groups attached to an aromatic ring is 1. The van der Waals surface area contributed by atoms with Crippen LogP contribution in [0.3, 0.4) is 0 Å². The van der Waals surface area contributed by atoms with Crippen LogP contribution in [0.25, 0.3) is 0 Å². The number of hydrogen-bond acceptors (Lipinski definition) is 6. The summed E-state index contributed by atoms with van der Waals surface area (Å²) in [6, 6.07) is 0. The van der Waals surface area contributed by atoms with Crippen LogP contribution in [-0.2, 0) is 11.3 Å². The van der Waals surface area contributed by atoms with Crippen molar-refractivity contribution in [1.82, 2.24) is 9.88 Å². The molecular formula is C11H15N3O3S. The van der Waals surface area contributed by atoms with Gasteiger partial charge in [0.15, 0.2) is 10.9 Å². The van der Waals surface area contributed by atoms with Crippen molar-refractivity contribution in [3.63, 3.8) is 0 Å². The van der Waals surface area contributed by atoms with Gasteiger partial charge in [-0.3, -0.25) is 9.69 Å². The highest BCUT2D eigenvalue weighted by atomic mass is 32.1. The molecule has 0 radical (unpaired) electrons. The van der Waals surface area contributed by atoms with Gasteiger partial charge in [0.2, 0.25) is 0 Å². The molecule has 1 aliphatic heterocycles. The molecule has 1 aromatic heterocycles. The third-order valence-electron chi connectivity index (χ3n) is 2.29. The summed E-state index contributed by atoms with van der Waals surface area (Å²) in [5, 5.41) is 0.347. The van der Waals surface area contributed by atoms with Crippen molar-refractivity contribution in [2.75, 3.05) is 12.3 Å². The molecule has 2 heterocycles. The first-order valence-electron chi connectivity index (χ1n) is 5.52. The van der Waals surface area contributed by atoms with Gasteiger partial charge >= 0.3 is 6.09 Å². The van der Waals surface area contributed by atoms with Gasteiger partial charge in [-0.2, -0.15) is 0 Å². The lowest BCUT2D eigenvalue weighted by Crippen LogP contribution is -2.42. The zero-order valence-electron chi connectivity index (χ0n) is 10.5. The molecule has 18 heavy (non-hydrogen) atoms. The number of ketones is 1. The predicted molar refractivity (Wildman–Crippen MR) is 67.5 cm³/mol. The van der Waals surface area contributed by atoms with Gasteiger partial charge in [-0.25, -0.2) is 9.78 Å². The van der Waals surface area contributed by atoms with Crippen LogP contribution in [0.4, 0.5) is 9.93 Å². The van der Waals surface area contributed by atoms with Crippen LogP contribution in [-0.4, -0.2) is 33.9 Å². The minimum absolute atomic E-state index is 0.0174. The van der Waals surface area contributed by atoms with E-state index in [0.717, 1.165) is 11.3 Å². The highest BCUT2D eigenvalue weighted by Gasteiger charge is 2.32. The fourth-order valence-corrected chi connectivity index (χ4v) is 2.40. The van der Waals surface area contributed by atoms with Crippen LogP contribution < -0.4 is 5.73 Å². The Morgan fingerprint density at radius 3 is 2.72 bits per heavy atom. The van der Waals surface area contributed by atoms with Gasteiger partial charge in [0.25, 0.3) is 0 Å². The number of fused-ring (bicyclic) bond motifs is 1. The second kappa shape index (κ2) is 4.24. The Bertz CT molecular complexity index is 504. The predicted octanol–water partition coefficient (Wildman–Crippen LogP) is 1.66. The van der Waals surface area contributed by atoms with Crippen molar-refractivity contribution in [1.29, 1.82) is 0 Å². The van der Waals surface area contributed by atoms with E-state index < -0.39 is 11.7 Å². The number of ether oxygens (including phenoxy) is 1. The van der Waals surface area contributed by atoms with E-state index in [9.17, 15) is 9.59 Å². The molecule has 98 valence electrons. The largest absolute Gasteiger partial charge is 0.444 e. The average molecular weight is 269 g/mol. The van der Waals surface area contributed by atoms with E-state index in [0.29, 0.717) is 15.7 Å². The lowest BCUT2D eigenvalue weighted by atomic mass is 10.1. The Labute approximate surface area is 109 Å². The number of carbonyl (C=O) groups excluding carboxylic acids is 2. The monoisotopic (exact) mass is 269 g/mol. The SMILES string of the molecule is CC(C)(C)OC(=O)N1CC(=O)c2sc(N)nc2C1. The molecule has 2 N–H and O–H groups in total. The molecule has 2 rings (SSSR count). The van der Waals surface area contributed by atoms with Crippen LogP contribution in [0, 0.1) is 0 Å². The quantitative estimate of drug-likeness (QED) is 0.774. The van der Waals surface area contributed by atoms with Crippen LogP contribution in [0.1, 0.15) is 36.1 Å². The van der Waals surface area contributed by atoms with E-state index in [1.165, 1.54) is 4.90 Å². The van der Waals surface area contributed by atoms with E-state index in [2.05, 4.69) is 4.98 Å². The number of aromatic nitrogens is 1. The van der Waals surface area contributed by atoms with Crippen molar-refractivity contribution in [2.45, 2.75) is 32.9 Å². The van der Waals surface area contributed by atoms with Crippen molar-refractivity contribution in [2.24, 2.45) is 0 Å². The molecule has 0 unspecified atom stereocenters. The van der Waals surface area contributed by atoms with E-state index in [-0.39, 0.29) is 18.9 Å². The molecule has 0 atom stereocenters. The Morgan fingerprint density at radius 1 is 1.44 bits per heavy atom. The van der Waals surface area contributed by atoms with Gasteiger partial charge in [-0.1, -0.05) is 11.3 Å².